The van der Waals surface area contributed by atoms with E-state index in [1.54, 1.807) is 19.2 Å². The van der Waals surface area contributed by atoms with Crippen LogP contribution in [0.15, 0.2) is 30.5 Å². The largest absolute Gasteiger partial charge is 0.384 e. The average molecular weight is 232 g/mol. The Morgan fingerprint density at radius 3 is 2.82 bits per heavy atom. The molecule has 17 heavy (non-hydrogen) atoms. The molecule has 1 atom stereocenters. The van der Waals surface area contributed by atoms with Gasteiger partial charge in [-0.1, -0.05) is 13.0 Å². The number of nitrogen functional groups attached to an aromatic ring is 1. The fraction of sp³-hybridized carbons (Fsp3) is 0.333. The summed E-state index contributed by atoms with van der Waals surface area (Å²) in [5.74, 6) is 1.11. The van der Waals surface area contributed by atoms with Gasteiger partial charge in [-0.2, -0.15) is 9.78 Å². The van der Waals surface area contributed by atoms with Gasteiger partial charge in [0.25, 0.3) is 0 Å². The Morgan fingerprint density at radius 2 is 2.24 bits per heavy atom. The zero-order chi connectivity index (χ0) is 12.5. The molecule has 0 saturated carbocycles. The third-order valence-electron chi connectivity index (χ3n) is 2.84. The summed E-state index contributed by atoms with van der Waals surface area (Å²) in [6.45, 7) is 3.62. The van der Waals surface area contributed by atoms with Crippen LogP contribution >= 0.6 is 0 Å². The summed E-state index contributed by atoms with van der Waals surface area (Å²) in [6, 6.07) is 7.18. The van der Waals surface area contributed by atoms with Gasteiger partial charge in [0.2, 0.25) is 0 Å². The lowest BCUT2D eigenvalue weighted by Gasteiger charge is -2.17. The van der Waals surface area contributed by atoms with E-state index in [9.17, 15) is 5.11 Å². The summed E-state index contributed by atoms with van der Waals surface area (Å²) in [5.41, 5.74) is 5.47. The second-order valence-corrected chi connectivity index (χ2v) is 4.18. The van der Waals surface area contributed by atoms with E-state index in [-0.39, 0.29) is 0 Å². The Bertz CT molecular complexity index is 504. The van der Waals surface area contributed by atoms with Crippen LogP contribution in [0.4, 0.5) is 5.82 Å². The van der Waals surface area contributed by atoms with Crippen LogP contribution in [0.5, 0.6) is 0 Å². The molecule has 2 heterocycles. The molecule has 0 spiro atoms. The SMILES string of the molecule is CCC(C)(O)c1cc(N)n(-c2ccccn2)n1. The van der Waals surface area contributed by atoms with Crippen LogP contribution in [0.3, 0.4) is 0 Å². The summed E-state index contributed by atoms with van der Waals surface area (Å²) in [7, 11) is 0. The van der Waals surface area contributed by atoms with Crippen LogP contribution < -0.4 is 5.73 Å². The molecule has 0 aliphatic rings. The Hall–Kier alpha value is -1.88. The van der Waals surface area contributed by atoms with Gasteiger partial charge in [0, 0.05) is 12.3 Å². The molecule has 2 aromatic rings. The quantitative estimate of drug-likeness (QED) is 0.840. The highest BCUT2D eigenvalue weighted by Crippen LogP contribution is 2.25. The maximum absolute atomic E-state index is 10.1. The molecule has 0 fully saturated rings. The zero-order valence-corrected chi connectivity index (χ0v) is 9.96. The minimum Gasteiger partial charge on any atom is -0.384 e. The molecule has 2 rings (SSSR count). The van der Waals surface area contributed by atoms with Crippen molar-refractivity contribution in [3.8, 4) is 5.82 Å². The number of aromatic nitrogens is 3. The van der Waals surface area contributed by atoms with Crippen LogP contribution in [-0.2, 0) is 5.60 Å². The van der Waals surface area contributed by atoms with E-state index in [0.29, 0.717) is 23.8 Å². The number of nitrogens with two attached hydrogens (primary N) is 1. The molecular formula is C12H16N4O. The minimum absolute atomic E-state index is 0.465. The van der Waals surface area contributed by atoms with E-state index in [1.165, 1.54) is 4.68 Å². The van der Waals surface area contributed by atoms with Gasteiger partial charge in [0.15, 0.2) is 5.82 Å². The number of nitrogens with zero attached hydrogens (tertiary/aromatic N) is 3. The fourth-order valence-corrected chi connectivity index (χ4v) is 1.50. The van der Waals surface area contributed by atoms with Gasteiger partial charge in [-0.05, 0) is 25.5 Å². The highest BCUT2D eigenvalue weighted by molar-refractivity contribution is 5.40. The van der Waals surface area contributed by atoms with E-state index >= 15 is 0 Å². The average Bonchev–Trinajstić information content (AvgIpc) is 2.73. The van der Waals surface area contributed by atoms with E-state index < -0.39 is 5.60 Å². The smallest absolute Gasteiger partial charge is 0.155 e. The van der Waals surface area contributed by atoms with Crippen LogP contribution in [0.1, 0.15) is 26.0 Å². The number of hydrogen-bond donors (Lipinski definition) is 2. The summed E-state index contributed by atoms with van der Waals surface area (Å²) < 4.78 is 1.53. The molecule has 0 amide bonds. The number of hydrogen-bond acceptors (Lipinski definition) is 4. The van der Waals surface area contributed by atoms with Crippen molar-refractivity contribution in [2.24, 2.45) is 0 Å². The van der Waals surface area contributed by atoms with Crippen LogP contribution in [-0.4, -0.2) is 19.9 Å². The monoisotopic (exact) mass is 232 g/mol. The van der Waals surface area contributed by atoms with Gasteiger partial charge in [-0.25, -0.2) is 4.98 Å². The maximum atomic E-state index is 10.1. The summed E-state index contributed by atoms with van der Waals surface area (Å²) in [5, 5.41) is 14.4. The molecule has 5 nitrogen and oxygen atoms in total. The molecule has 5 heteroatoms. The number of pyridine rings is 1. The zero-order valence-electron chi connectivity index (χ0n) is 9.96. The second kappa shape index (κ2) is 4.18. The van der Waals surface area contributed by atoms with Gasteiger partial charge in [0.05, 0.1) is 5.69 Å². The van der Waals surface area contributed by atoms with Crippen molar-refractivity contribution in [1.82, 2.24) is 14.8 Å². The predicted octanol–water partition coefficient (Wildman–Crippen LogP) is 1.47. The first-order valence-corrected chi connectivity index (χ1v) is 5.54. The molecule has 1 unspecified atom stereocenters. The number of rotatable bonds is 3. The van der Waals surface area contributed by atoms with E-state index in [0.717, 1.165) is 0 Å². The van der Waals surface area contributed by atoms with Gasteiger partial charge >= 0.3 is 0 Å². The lowest BCUT2D eigenvalue weighted by atomic mass is 10.00. The van der Waals surface area contributed by atoms with E-state index in [2.05, 4.69) is 10.1 Å². The van der Waals surface area contributed by atoms with Gasteiger partial charge in [0.1, 0.15) is 11.4 Å². The van der Waals surface area contributed by atoms with Crippen molar-refractivity contribution >= 4 is 5.82 Å². The first-order valence-electron chi connectivity index (χ1n) is 5.54. The lowest BCUT2D eigenvalue weighted by Crippen LogP contribution is -2.20. The number of aliphatic hydroxyl groups is 1. The summed E-state index contributed by atoms with van der Waals surface area (Å²) in [6.07, 6.45) is 2.25. The van der Waals surface area contributed by atoms with Crippen molar-refractivity contribution in [3.63, 3.8) is 0 Å². The molecule has 90 valence electrons. The van der Waals surface area contributed by atoms with Crippen molar-refractivity contribution in [3.05, 3.63) is 36.2 Å². The normalized spacial score (nSPS) is 14.5. The molecule has 0 aliphatic heterocycles. The Morgan fingerprint density at radius 1 is 1.47 bits per heavy atom. The highest BCUT2D eigenvalue weighted by atomic mass is 16.3. The van der Waals surface area contributed by atoms with Crippen molar-refractivity contribution in [2.75, 3.05) is 5.73 Å². The first kappa shape index (κ1) is 11.6. The topological polar surface area (TPSA) is 77.0 Å². The molecule has 0 aliphatic carbocycles. The van der Waals surface area contributed by atoms with Crippen molar-refractivity contribution < 1.29 is 5.11 Å². The lowest BCUT2D eigenvalue weighted by molar-refractivity contribution is 0.0481. The molecular weight excluding hydrogens is 216 g/mol. The molecule has 0 aromatic carbocycles. The molecule has 0 bridgehead atoms. The van der Waals surface area contributed by atoms with Crippen molar-refractivity contribution in [2.45, 2.75) is 25.9 Å². The molecule has 3 N–H and O–H groups in total. The fourth-order valence-electron chi connectivity index (χ4n) is 1.50. The summed E-state index contributed by atoms with van der Waals surface area (Å²) in [4.78, 5) is 4.17. The Labute approximate surface area is 99.9 Å². The second-order valence-electron chi connectivity index (χ2n) is 4.18. The third kappa shape index (κ3) is 2.14. The highest BCUT2D eigenvalue weighted by Gasteiger charge is 2.25. The Balaban J connectivity index is 2.45. The van der Waals surface area contributed by atoms with Crippen LogP contribution in [0.25, 0.3) is 5.82 Å². The predicted molar refractivity (Wildman–Crippen MR) is 65.6 cm³/mol. The van der Waals surface area contributed by atoms with Gasteiger partial charge < -0.3 is 10.8 Å². The van der Waals surface area contributed by atoms with E-state index in [4.69, 9.17) is 5.73 Å². The minimum atomic E-state index is -0.964. The third-order valence-corrected chi connectivity index (χ3v) is 2.84. The van der Waals surface area contributed by atoms with Gasteiger partial charge in [-0.3, -0.25) is 0 Å². The Kier molecular flexibility index (Phi) is 2.85. The molecule has 2 aromatic heterocycles. The van der Waals surface area contributed by atoms with Crippen LogP contribution in [0, 0.1) is 0 Å². The van der Waals surface area contributed by atoms with E-state index in [1.807, 2.05) is 25.1 Å². The first-order chi connectivity index (χ1) is 8.04. The van der Waals surface area contributed by atoms with Gasteiger partial charge in [-0.15, -0.1) is 0 Å². The maximum Gasteiger partial charge on any atom is 0.155 e. The molecule has 0 radical (unpaired) electrons. The summed E-state index contributed by atoms with van der Waals surface area (Å²) >= 11 is 0. The van der Waals surface area contributed by atoms with Crippen molar-refractivity contribution in [1.29, 1.82) is 0 Å². The van der Waals surface area contributed by atoms with Crippen LogP contribution in [0.2, 0.25) is 0 Å². The number of anilines is 1. The molecule has 0 saturated heterocycles. The standard InChI is InChI=1S/C12H16N4O/c1-3-12(2,17)9-8-10(13)16(15-9)11-6-4-5-7-14-11/h4-8,17H,3,13H2,1-2H3.